The molecular formula is C17H12Cl2O. The Morgan fingerprint density at radius 3 is 1.60 bits per heavy atom. The third kappa shape index (κ3) is 3.83. The fourth-order valence-electron chi connectivity index (χ4n) is 1.82. The highest BCUT2D eigenvalue weighted by Gasteiger charge is 2.04. The lowest BCUT2D eigenvalue weighted by molar-refractivity contribution is -0.104. The fraction of sp³-hybridized carbons (Fsp3) is 0. The molecule has 0 heterocycles. The molecule has 0 aliphatic carbocycles. The number of carbonyl (C=O) groups excluding carboxylic acids is 1. The Kier molecular flexibility index (Phi) is 5.16. The first-order valence-corrected chi connectivity index (χ1v) is 6.80. The Balaban J connectivity index is 2.46. The first-order valence-electron chi connectivity index (χ1n) is 6.05. The lowest BCUT2D eigenvalue weighted by Crippen LogP contribution is -1.87. The third-order valence-electron chi connectivity index (χ3n) is 2.76. The zero-order chi connectivity index (χ0) is 14.4. The standard InChI is InChI=1S/C17H12Cl2O/c18-15-8-4-13(5-9-15)17(3-1-2-12-20)14-6-10-16(19)11-7-14/h1-12H. The molecule has 0 atom stereocenters. The van der Waals surface area contributed by atoms with Gasteiger partial charge in [0.25, 0.3) is 0 Å². The highest BCUT2D eigenvalue weighted by Crippen LogP contribution is 2.26. The smallest absolute Gasteiger partial charge is 0.142 e. The maximum Gasteiger partial charge on any atom is 0.142 e. The molecule has 0 saturated heterocycles. The van der Waals surface area contributed by atoms with Gasteiger partial charge in [-0.1, -0.05) is 59.6 Å². The van der Waals surface area contributed by atoms with E-state index in [-0.39, 0.29) is 0 Å². The van der Waals surface area contributed by atoms with Crippen molar-refractivity contribution >= 4 is 35.1 Å². The predicted octanol–water partition coefficient (Wildman–Crippen LogP) is 5.18. The molecule has 2 aromatic carbocycles. The van der Waals surface area contributed by atoms with E-state index in [0.717, 1.165) is 23.0 Å². The van der Waals surface area contributed by atoms with Crippen LogP contribution in [0.5, 0.6) is 0 Å². The molecule has 2 aromatic rings. The molecule has 0 aromatic heterocycles. The molecular weight excluding hydrogens is 291 g/mol. The van der Waals surface area contributed by atoms with Crippen molar-refractivity contribution in [2.75, 3.05) is 0 Å². The Morgan fingerprint density at radius 2 is 1.20 bits per heavy atom. The lowest BCUT2D eigenvalue weighted by atomic mass is 9.97. The van der Waals surface area contributed by atoms with Crippen molar-refractivity contribution in [3.63, 3.8) is 0 Å². The second-order valence-corrected chi connectivity index (χ2v) is 4.99. The molecule has 20 heavy (non-hydrogen) atoms. The summed E-state index contributed by atoms with van der Waals surface area (Å²) in [4.78, 5) is 10.4. The normalized spacial score (nSPS) is 10.5. The van der Waals surface area contributed by atoms with Crippen LogP contribution in [0.4, 0.5) is 0 Å². The maximum atomic E-state index is 10.4. The summed E-state index contributed by atoms with van der Waals surface area (Å²) >= 11 is 11.8. The van der Waals surface area contributed by atoms with E-state index in [1.807, 2.05) is 54.6 Å². The average molecular weight is 303 g/mol. The van der Waals surface area contributed by atoms with Crippen molar-refractivity contribution in [3.05, 3.63) is 87.9 Å². The van der Waals surface area contributed by atoms with Gasteiger partial charge >= 0.3 is 0 Å². The largest absolute Gasteiger partial charge is 0.299 e. The molecule has 0 spiro atoms. The molecule has 0 saturated carbocycles. The van der Waals surface area contributed by atoms with E-state index in [2.05, 4.69) is 0 Å². The molecule has 3 heteroatoms. The van der Waals surface area contributed by atoms with Crippen molar-refractivity contribution in [2.24, 2.45) is 0 Å². The summed E-state index contributed by atoms with van der Waals surface area (Å²) < 4.78 is 0. The Bertz CT molecular complexity index is 590. The number of allylic oxidation sites excluding steroid dienone is 3. The van der Waals surface area contributed by atoms with Crippen LogP contribution in [-0.4, -0.2) is 6.29 Å². The summed E-state index contributed by atoms with van der Waals surface area (Å²) in [5.41, 5.74) is 3.04. The molecule has 0 bridgehead atoms. The number of benzene rings is 2. The Labute approximate surface area is 128 Å². The number of halogens is 2. The summed E-state index contributed by atoms with van der Waals surface area (Å²) in [6.07, 6.45) is 5.80. The van der Waals surface area contributed by atoms with Gasteiger partial charge in [-0.2, -0.15) is 0 Å². The van der Waals surface area contributed by atoms with Crippen LogP contribution < -0.4 is 0 Å². The highest BCUT2D eigenvalue weighted by molar-refractivity contribution is 6.31. The van der Waals surface area contributed by atoms with E-state index in [1.54, 1.807) is 6.08 Å². The summed E-state index contributed by atoms with van der Waals surface area (Å²) in [6, 6.07) is 15.1. The van der Waals surface area contributed by atoms with E-state index in [0.29, 0.717) is 10.0 Å². The van der Waals surface area contributed by atoms with Gasteiger partial charge in [-0.15, -0.1) is 0 Å². The first kappa shape index (κ1) is 14.6. The molecule has 2 rings (SSSR count). The number of hydrogen-bond donors (Lipinski definition) is 0. The van der Waals surface area contributed by atoms with E-state index >= 15 is 0 Å². The van der Waals surface area contributed by atoms with Gasteiger partial charge in [0.1, 0.15) is 6.29 Å². The summed E-state index contributed by atoms with van der Waals surface area (Å²) in [6.45, 7) is 0. The zero-order valence-electron chi connectivity index (χ0n) is 10.6. The van der Waals surface area contributed by atoms with Gasteiger partial charge in [0.05, 0.1) is 0 Å². The van der Waals surface area contributed by atoms with Crippen LogP contribution in [0.15, 0.2) is 66.8 Å². The van der Waals surface area contributed by atoms with Crippen LogP contribution in [0, 0.1) is 0 Å². The topological polar surface area (TPSA) is 17.1 Å². The molecule has 0 aliphatic rings. The predicted molar refractivity (Wildman–Crippen MR) is 85.2 cm³/mol. The van der Waals surface area contributed by atoms with E-state index in [4.69, 9.17) is 23.2 Å². The Morgan fingerprint density at radius 1 is 0.750 bits per heavy atom. The van der Waals surface area contributed by atoms with Crippen LogP contribution in [-0.2, 0) is 4.79 Å². The number of rotatable bonds is 4. The van der Waals surface area contributed by atoms with Crippen LogP contribution in [0.25, 0.3) is 5.57 Å². The van der Waals surface area contributed by atoms with Crippen molar-refractivity contribution in [1.82, 2.24) is 0 Å². The minimum Gasteiger partial charge on any atom is -0.299 e. The zero-order valence-corrected chi connectivity index (χ0v) is 12.1. The molecule has 0 fully saturated rings. The number of hydrogen-bond acceptors (Lipinski definition) is 1. The van der Waals surface area contributed by atoms with Crippen LogP contribution in [0.2, 0.25) is 10.0 Å². The quantitative estimate of drug-likeness (QED) is 0.432. The molecule has 0 N–H and O–H groups in total. The van der Waals surface area contributed by atoms with Crippen LogP contribution in [0.3, 0.4) is 0 Å². The van der Waals surface area contributed by atoms with Gasteiger partial charge in [-0.25, -0.2) is 0 Å². The van der Waals surface area contributed by atoms with Gasteiger partial charge < -0.3 is 0 Å². The molecule has 1 nitrogen and oxygen atoms in total. The first-order chi connectivity index (χ1) is 9.70. The second kappa shape index (κ2) is 7.09. The SMILES string of the molecule is O=CC=CC=C(c1ccc(Cl)cc1)c1ccc(Cl)cc1. The van der Waals surface area contributed by atoms with Crippen molar-refractivity contribution in [2.45, 2.75) is 0 Å². The van der Waals surface area contributed by atoms with E-state index in [9.17, 15) is 4.79 Å². The van der Waals surface area contributed by atoms with E-state index in [1.165, 1.54) is 6.08 Å². The molecule has 0 aliphatic heterocycles. The van der Waals surface area contributed by atoms with Gasteiger partial charge in [-0.3, -0.25) is 4.79 Å². The van der Waals surface area contributed by atoms with E-state index < -0.39 is 0 Å². The third-order valence-corrected chi connectivity index (χ3v) is 3.27. The number of carbonyl (C=O) groups is 1. The van der Waals surface area contributed by atoms with Crippen LogP contribution in [0.1, 0.15) is 11.1 Å². The van der Waals surface area contributed by atoms with Crippen molar-refractivity contribution in [1.29, 1.82) is 0 Å². The molecule has 100 valence electrons. The summed E-state index contributed by atoms with van der Waals surface area (Å²) in [5.74, 6) is 0. The minimum absolute atomic E-state index is 0.688. The second-order valence-electron chi connectivity index (χ2n) is 4.12. The number of aldehydes is 1. The minimum atomic E-state index is 0.688. The monoisotopic (exact) mass is 302 g/mol. The summed E-state index contributed by atoms with van der Waals surface area (Å²) in [7, 11) is 0. The average Bonchev–Trinajstić information content (AvgIpc) is 2.46. The van der Waals surface area contributed by atoms with Gasteiger partial charge in [-0.05, 0) is 47.0 Å². The van der Waals surface area contributed by atoms with Crippen molar-refractivity contribution < 1.29 is 4.79 Å². The van der Waals surface area contributed by atoms with Crippen molar-refractivity contribution in [3.8, 4) is 0 Å². The molecule has 0 unspecified atom stereocenters. The highest BCUT2D eigenvalue weighted by atomic mass is 35.5. The maximum absolute atomic E-state index is 10.4. The fourth-order valence-corrected chi connectivity index (χ4v) is 2.07. The molecule has 0 amide bonds. The molecule has 0 radical (unpaired) electrons. The lowest BCUT2D eigenvalue weighted by Gasteiger charge is -2.08. The Hall–Kier alpha value is -1.83. The van der Waals surface area contributed by atoms with Gasteiger partial charge in [0, 0.05) is 10.0 Å². The summed E-state index contributed by atoms with van der Waals surface area (Å²) in [5, 5.41) is 1.38. The van der Waals surface area contributed by atoms with Gasteiger partial charge in [0.2, 0.25) is 0 Å². The van der Waals surface area contributed by atoms with Crippen LogP contribution >= 0.6 is 23.2 Å². The van der Waals surface area contributed by atoms with Gasteiger partial charge in [0.15, 0.2) is 0 Å².